The summed E-state index contributed by atoms with van der Waals surface area (Å²) in [6, 6.07) is 2.15. The summed E-state index contributed by atoms with van der Waals surface area (Å²) in [5.74, 6) is 0.748. The fourth-order valence-electron chi connectivity index (χ4n) is 2.77. The van der Waals surface area contributed by atoms with Gasteiger partial charge in [0, 0.05) is 16.1 Å². The molecule has 0 radical (unpaired) electrons. The van der Waals surface area contributed by atoms with Crippen LogP contribution in [-0.2, 0) is 0 Å². The maximum absolute atomic E-state index is 12.3. The summed E-state index contributed by atoms with van der Waals surface area (Å²) in [6.07, 6.45) is 3.93. The highest BCUT2D eigenvalue weighted by molar-refractivity contribution is 7.22. The van der Waals surface area contributed by atoms with E-state index in [0.717, 1.165) is 46.9 Å². The molecule has 0 unspecified atom stereocenters. The van der Waals surface area contributed by atoms with Crippen molar-refractivity contribution < 1.29 is 0 Å². The van der Waals surface area contributed by atoms with Crippen LogP contribution in [0.15, 0.2) is 17.1 Å². The molecule has 4 rings (SSSR count). The first kappa shape index (κ1) is 12.7. The molecule has 21 heavy (non-hydrogen) atoms. The van der Waals surface area contributed by atoms with E-state index < -0.39 is 0 Å². The molecule has 1 atom stereocenters. The molecule has 0 spiro atoms. The molecule has 1 saturated heterocycles. The van der Waals surface area contributed by atoms with Crippen LogP contribution in [-0.4, -0.2) is 26.7 Å². The number of hydrogen-bond acceptors (Lipinski definition) is 5. The van der Waals surface area contributed by atoms with Crippen LogP contribution in [0.3, 0.4) is 0 Å². The SMILES string of the molecule is Cc1[nH]ncc1-c1cc2nc([C@@H]3CCCN3)[nH]c(=O)c2s1. The van der Waals surface area contributed by atoms with Crippen LogP contribution >= 0.6 is 11.3 Å². The zero-order valence-electron chi connectivity index (χ0n) is 11.6. The highest BCUT2D eigenvalue weighted by atomic mass is 32.1. The van der Waals surface area contributed by atoms with E-state index in [4.69, 9.17) is 0 Å². The maximum Gasteiger partial charge on any atom is 0.268 e. The minimum atomic E-state index is -0.0545. The number of aryl methyl sites for hydroxylation is 1. The molecule has 3 aromatic heterocycles. The van der Waals surface area contributed by atoms with Gasteiger partial charge in [-0.1, -0.05) is 0 Å². The van der Waals surface area contributed by atoms with Crippen molar-refractivity contribution in [3.63, 3.8) is 0 Å². The molecular weight excluding hydrogens is 286 g/mol. The largest absolute Gasteiger partial charge is 0.308 e. The van der Waals surface area contributed by atoms with E-state index in [-0.39, 0.29) is 11.6 Å². The van der Waals surface area contributed by atoms with Crippen molar-refractivity contribution in [1.29, 1.82) is 0 Å². The fourth-order valence-corrected chi connectivity index (χ4v) is 3.83. The van der Waals surface area contributed by atoms with Gasteiger partial charge in [0.2, 0.25) is 0 Å². The third-order valence-corrected chi connectivity index (χ3v) is 5.04. The fraction of sp³-hybridized carbons (Fsp3) is 0.357. The highest BCUT2D eigenvalue weighted by Gasteiger charge is 2.20. The second-order valence-corrected chi connectivity index (χ2v) is 6.39. The summed E-state index contributed by atoms with van der Waals surface area (Å²) in [7, 11) is 0. The summed E-state index contributed by atoms with van der Waals surface area (Å²) in [6.45, 7) is 2.95. The van der Waals surface area contributed by atoms with Gasteiger partial charge in [-0.15, -0.1) is 11.3 Å². The van der Waals surface area contributed by atoms with E-state index in [1.807, 2.05) is 13.0 Å². The van der Waals surface area contributed by atoms with E-state index in [1.54, 1.807) is 6.20 Å². The van der Waals surface area contributed by atoms with Gasteiger partial charge in [0.1, 0.15) is 10.5 Å². The number of fused-ring (bicyclic) bond motifs is 1. The van der Waals surface area contributed by atoms with Gasteiger partial charge in [-0.3, -0.25) is 9.89 Å². The molecule has 6 nitrogen and oxygen atoms in total. The second-order valence-electron chi connectivity index (χ2n) is 5.33. The Morgan fingerprint density at radius 1 is 1.43 bits per heavy atom. The maximum atomic E-state index is 12.3. The quantitative estimate of drug-likeness (QED) is 0.676. The molecular formula is C14H15N5OS. The number of hydrogen-bond donors (Lipinski definition) is 3. The van der Waals surface area contributed by atoms with Crippen LogP contribution in [0, 0.1) is 6.92 Å². The summed E-state index contributed by atoms with van der Waals surface area (Å²) in [4.78, 5) is 20.9. The topological polar surface area (TPSA) is 86.5 Å². The first-order valence-corrected chi connectivity index (χ1v) is 7.81. The zero-order chi connectivity index (χ0) is 14.4. The lowest BCUT2D eigenvalue weighted by Crippen LogP contribution is -2.20. The van der Waals surface area contributed by atoms with E-state index in [0.29, 0.717) is 4.70 Å². The standard InChI is InChI=1S/C14H15N5OS/c1-7-8(6-16-19-7)11-5-10-12(21-11)14(20)18-13(17-10)9-3-2-4-15-9/h5-6,9,15H,2-4H2,1H3,(H,16,19)(H,17,18,20)/t9-/m0/s1. The molecule has 108 valence electrons. The number of H-pyrrole nitrogens is 2. The Hall–Kier alpha value is -1.99. The number of rotatable bonds is 2. The number of nitrogens with one attached hydrogen (secondary N) is 3. The second kappa shape index (κ2) is 4.78. The number of aromatic nitrogens is 4. The highest BCUT2D eigenvalue weighted by Crippen LogP contribution is 2.32. The van der Waals surface area contributed by atoms with Gasteiger partial charge in [-0.25, -0.2) is 4.98 Å². The molecule has 0 amide bonds. The minimum Gasteiger partial charge on any atom is -0.308 e. The smallest absolute Gasteiger partial charge is 0.268 e. The molecule has 0 saturated carbocycles. The summed E-state index contributed by atoms with van der Waals surface area (Å²) >= 11 is 1.46. The lowest BCUT2D eigenvalue weighted by molar-refractivity contribution is 0.606. The average molecular weight is 301 g/mol. The summed E-state index contributed by atoms with van der Waals surface area (Å²) in [5.41, 5.74) is 2.73. The van der Waals surface area contributed by atoms with Crippen molar-refractivity contribution in [1.82, 2.24) is 25.5 Å². The molecule has 7 heteroatoms. The van der Waals surface area contributed by atoms with Crippen molar-refractivity contribution >= 4 is 21.6 Å². The molecule has 1 aliphatic rings. The van der Waals surface area contributed by atoms with Gasteiger partial charge >= 0.3 is 0 Å². The van der Waals surface area contributed by atoms with Gasteiger partial charge in [0.15, 0.2) is 0 Å². The van der Waals surface area contributed by atoms with Crippen LogP contribution < -0.4 is 10.9 Å². The molecule has 3 N–H and O–H groups in total. The molecule has 1 fully saturated rings. The Bertz CT molecular complexity index is 856. The monoisotopic (exact) mass is 301 g/mol. The lowest BCUT2D eigenvalue weighted by atomic mass is 10.2. The minimum absolute atomic E-state index is 0.0545. The molecule has 3 aromatic rings. The molecule has 0 aromatic carbocycles. The normalized spacial score (nSPS) is 18.6. The van der Waals surface area contributed by atoms with Crippen LogP contribution in [0.4, 0.5) is 0 Å². The third-order valence-electron chi connectivity index (χ3n) is 3.89. The molecule has 0 aliphatic carbocycles. The van der Waals surface area contributed by atoms with E-state index >= 15 is 0 Å². The Labute approximate surface area is 124 Å². The Balaban J connectivity index is 1.85. The van der Waals surface area contributed by atoms with Crippen LogP contribution in [0.5, 0.6) is 0 Å². The Morgan fingerprint density at radius 3 is 3.05 bits per heavy atom. The molecule has 0 bridgehead atoms. The van der Waals surface area contributed by atoms with Crippen LogP contribution in [0.25, 0.3) is 20.7 Å². The number of thiophene rings is 1. The van der Waals surface area contributed by atoms with E-state index in [9.17, 15) is 4.79 Å². The van der Waals surface area contributed by atoms with Crippen molar-refractivity contribution in [2.45, 2.75) is 25.8 Å². The summed E-state index contributed by atoms with van der Waals surface area (Å²) < 4.78 is 0.673. The van der Waals surface area contributed by atoms with Gasteiger partial charge in [0.05, 0.1) is 17.8 Å². The zero-order valence-corrected chi connectivity index (χ0v) is 12.4. The first-order chi connectivity index (χ1) is 10.2. The first-order valence-electron chi connectivity index (χ1n) is 7.00. The lowest BCUT2D eigenvalue weighted by Gasteiger charge is -2.08. The number of nitrogens with zero attached hydrogens (tertiary/aromatic N) is 2. The molecule has 4 heterocycles. The van der Waals surface area contributed by atoms with Gasteiger partial charge in [0.25, 0.3) is 5.56 Å². The van der Waals surface area contributed by atoms with Crippen molar-refractivity contribution in [2.24, 2.45) is 0 Å². The average Bonchev–Trinajstić information content (AvgIpc) is 3.17. The Kier molecular flexibility index (Phi) is 2.90. The van der Waals surface area contributed by atoms with E-state index in [2.05, 4.69) is 25.5 Å². The molecule has 1 aliphatic heterocycles. The summed E-state index contributed by atoms with van der Waals surface area (Å²) in [5, 5.41) is 10.3. The Morgan fingerprint density at radius 2 is 2.33 bits per heavy atom. The van der Waals surface area contributed by atoms with Crippen LogP contribution in [0.1, 0.15) is 30.4 Å². The van der Waals surface area contributed by atoms with Crippen molar-refractivity contribution in [2.75, 3.05) is 6.54 Å². The van der Waals surface area contributed by atoms with Gasteiger partial charge < -0.3 is 10.3 Å². The number of aromatic amines is 2. The predicted octanol–water partition coefficient (Wildman–Crippen LogP) is 2.11. The van der Waals surface area contributed by atoms with Crippen molar-refractivity contribution in [3.8, 4) is 10.4 Å². The van der Waals surface area contributed by atoms with E-state index in [1.165, 1.54) is 11.3 Å². The third kappa shape index (κ3) is 2.09. The van der Waals surface area contributed by atoms with Crippen LogP contribution in [0.2, 0.25) is 0 Å². The predicted molar refractivity (Wildman–Crippen MR) is 82.5 cm³/mol. The van der Waals surface area contributed by atoms with Gasteiger partial charge in [-0.2, -0.15) is 5.10 Å². The van der Waals surface area contributed by atoms with Crippen molar-refractivity contribution in [3.05, 3.63) is 34.1 Å². The van der Waals surface area contributed by atoms with Gasteiger partial charge in [-0.05, 0) is 32.4 Å².